The number of nitrogens with one attached hydrogen (secondary N) is 1. The number of carbonyl (C=O) groups excluding carboxylic acids is 2. The quantitative estimate of drug-likeness (QED) is 0.656. The van der Waals surface area contributed by atoms with Gasteiger partial charge in [0.25, 0.3) is 11.8 Å². The number of hydrogen-bond donors (Lipinski definition) is 1. The van der Waals surface area contributed by atoms with Crippen molar-refractivity contribution in [3.05, 3.63) is 64.7 Å². The molecule has 0 aliphatic rings. The Labute approximate surface area is 180 Å². The van der Waals surface area contributed by atoms with Crippen LogP contribution < -0.4 is 10.2 Å². The first-order chi connectivity index (χ1) is 14.1. The number of hydrazine groups is 1. The second kappa shape index (κ2) is 9.79. The van der Waals surface area contributed by atoms with Crippen molar-refractivity contribution in [3.8, 4) is 5.75 Å². The maximum absolute atomic E-state index is 13.6. The lowest BCUT2D eigenvalue weighted by molar-refractivity contribution is 0.0271. The summed E-state index contributed by atoms with van der Waals surface area (Å²) in [7, 11) is 1.56. The van der Waals surface area contributed by atoms with Gasteiger partial charge in [0.2, 0.25) is 0 Å². The van der Waals surface area contributed by atoms with Gasteiger partial charge in [0.15, 0.2) is 0 Å². The van der Waals surface area contributed by atoms with E-state index >= 15 is 0 Å². The average Bonchev–Trinajstić information content (AvgIpc) is 2.68. The zero-order valence-corrected chi connectivity index (χ0v) is 19.2. The lowest BCUT2D eigenvalue weighted by Gasteiger charge is -2.40. The maximum Gasteiger partial charge on any atom is 0.272 e. The first kappa shape index (κ1) is 23.5. The summed E-state index contributed by atoms with van der Waals surface area (Å²) in [5, 5.41) is 1.53. The molecule has 5 heteroatoms. The largest absolute Gasteiger partial charge is 0.497 e. The Morgan fingerprint density at radius 1 is 1.03 bits per heavy atom. The summed E-state index contributed by atoms with van der Waals surface area (Å²) in [4.78, 5) is 26.7. The fraction of sp³-hybridized carbons (Fsp3) is 0.440. The highest BCUT2D eigenvalue weighted by Crippen LogP contribution is 2.29. The minimum absolute atomic E-state index is 0.162. The number of rotatable bonds is 6. The summed E-state index contributed by atoms with van der Waals surface area (Å²) >= 11 is 0. The summed E-state index contributed by atoms with van der Waals surface area (Å²) < 4.78 is 5.23. The van der Waals surface area contributed by atoms with Crippen LogP contribution in [-0.2, 0) is 0 Å². The molecule has 0 aliphatic heterocycles. The van der Waals surface area contributed by atoms with Crippen molar-refractivity contribution in [2.45, 2.75) is 60.4 Å². The van der Waals surface area contributed by atoms with Crippen LogP contribution in [0.1, 0.15) is 72.4 Å². The van der Waals surface area contributed by atoms with Crippen molar-refractivity contribution < 1.29 is 14.3 Å². The molecule has 162 valence electrons. The molecule has 0 saturated carbocycles. The fourth-order valence-electron chi connectivity index (χ4n) is 3.67. The van der Waals surface area contributed by atoms with E-state index in [2.05, 4.69) is 33.1 Å². The molecule has 0 radical (unpaired) electrons. The van der Waals surface area contributed by atoms with Crippen molar-refractivity contribution in [1.29, 1.82) is 0 Å². The van der Waals surface area contributed by atoms with Gasteiger partial charge in [-0.15, -0.1) is 0 Å². The Kier molecular flexibility index (Phi) is 7.65. The number of aryl methyl sites for hydroxylation is 2. The molecule has 2 aromatic carbocycles. The van der Waals surface area contributed by atoms with E-state index in [0.717, 1.165) is 24.0 Å². The van der Waals surface area contributed by atoms with Crippen LogP contribution in [0.15, 0.2) is 42.5 Å². The SMILES string of the molecule is CCC[C@@H](N(NC(=O)c1cccc(OC)c1)C(=O)c1cc(C)cc(C)c1)C(C)(C)C. The van der Waals surface area contributed by atoms with Crippen molar-refractivity contribution >= 4 is 11.8 Å². The molecule has 0 aromatic heterocycles. The van der Waals surface area contributed by atoms with E-state index < -0.39 is 0 Å². The molecule has 0 bridgehead atoms. The van der Waals surface area contributed by atoms with Gasteiger partial charge in [0, 0.05) is 11.1 Å². The third kappa shape index (κ3) is 5.85. The molecular formula is C25H34N2O3. The van der Waals surface area contributed by atoms with E-state index in [4.69, 9.17) is 4.74 Å². The number of amides is 2. The second-order valence-corrected chi connectivity index (χ2v) is 8.89. The van der Waals surface area contributed by atoms with Crippen LogP contribution in [0.3, 0.4) is 0 Å². The van der Waals surface area contributed by atoms with E-state index in [9.17, 15) is 9.59 Å². The van der Waals surface area contributed by atoms with Gasteiger partial charge < -0.3 is 4.74 Å². The van der Waals surface area contributed by atoms with E-state index in [1.807, 2.05) is 32.0 Å². The number of carbonyl (C=O) groups is 2. The van der Waals surface area contributed by atoms with Crippen LogP contribution in [0.2, 0.25) is 0 Å². The molecule has 0 aliphatic carbocycles. The summed E-state index contributed by atoms with van der Waals surface area (Å²) in [5.41, 5.74) is 5.73. The van der Waals surface area contributed by atoms with Crippen molar-refractivity contribution in [2.24, 2.45) is 5.41 Å². The smallest absolute Gasteiger partial charge is 0.272 e. The predicted molar refractivity (Wildman–Crippen MR) is 121 cm³/mol. The van der Waals surface area contributed by atoms with E-state index in [1.165, 1.54) is 5.01 Å². The minimum Gasteiger partial charge on any atom is -0.497 e. The highest BCUT2D eigenvalue weighted by Gasteiger charge is 2.35. The first-order valence-corrected chi connectivity index (χ1v) is 10.4. The summed E-state index contributed by atoms with van der Waals surface area (Å²) in [6, 6.07) is 12.5. The van der Waals surface area contributed by atoms with E-state index in [1.54, 1.807) is 31.4 Å². The molecule has 5 nitrogen and oxygen atoms in total. The number of hydrogen-bond acceptors (Lipinski definition) is 3. The topological polar surface area (TPSA) is 58.6 Å². The zero-order chi connectivity index (χ0) is 22.5. The van der Waals surface area contributed by atoms with Crippen LogP contribution in [0.4, 0.5) is 0 Å². The highest BCUT2D eigenvalue weighted by atomic mass is 16.5. The van der Waals surface area contributed by atoms with Gasteiger partial charge >= 0.3 is 0 Å². The molecule has 2 rings (SSSR count). The summed E-state index contributed by atoms with van der Waals surface area (Å²) in [5.74, 6) is 0.0548. The van der Waals surface area contributed by atoms with Gasteiger partial charge in [-0.25, -0.2) is 5.01 Å². The predicted octanol–water partition coefficient (Wildman–Crippen LogP) is 5.31. The Bertz CT molecular complexity index is 879. The Morgan fingerprint density at radius 2 is 1.67 bits per heavy atom. The van der Waals surface area contributed by atoms with Crippen LogP contribution in [-0.4, -0.2) is 30.0 Å². The Balaban J connectivity index is 2.46. The molecule has 0 heterocycles. The van der Waals surface area contributed by atoms with Crippen molar-refractivity contribution in [2.75, 3.05) is 7.11 Å². The lowest BCUT2D eigenvalue weighted by Crippen LogP contribution is -2.56. The molecular weight excluding hydrogens is 376 g/mol. The second-order valence-electron chi connectivity index (χ2n) is 8.89. The van der Waals surface area contributed by atoms with Gasteiger partial charge in [-0.05, 0) is 56.0 Å². The summed E-state index contributed by atoms with van der Waals surface area (Å²) in [6.45, 7) is 12.3. The lowest BCUT2D eigenvalue weighted by atomic mass is 9.83. The summed E-state index contributed by atoms with van der Waals surface area (Å²) in [6.07, 6.45) is 1.67. The minimum atomic E-state index is -0.336. The average molecular weight is 411 g/mol. The van der Waals surface area contributed by atoms with Gasteiger partial charge in [-0.2, -0.15) is 0 Å². The highest BCUT2D eigenvalue weighted by molar-refractivity contribution is 5.99. The maximum atomic E-state index is 13.6. The molecule has 0 fully saturated rings. The van der Waals surface area contributed by atoms with Crippen LogP contribution >= 0.6 is 0 Å². The number of methoxy groups -OCH3 is 1. The van der Waals surface area contributed by atoms with Gasteiger partial charge in [-0.1, -0.05) is 57.4 Å². The number of ether oxygens (including phenoxy) is 1. The van der Waals surface area contributed by atoms with Crippen molar-refractivity contribution in [1.82, 2.24) is 10.4 Å². The molecule has 2 amide bonds. The van der Waals surface area contributed by atoms with E-state index in [0.29, 0.717) is 16.9 Å². The molecule has 0 saturated heterocycles. The third-order valence-corrected chi connectivity index (χ3v) is 5.11. The Morgan fingerprint density at radius 3 is 2.20 bits per heavy atom. The Hall–Kier alpha value is -2.82. The molecule has 30 heavy (non-hydrogen) atoms. The molecule has 2 aromatic rings. The van der Waals surface area contributed by atoms with Gasteiger partial charge in [0.1, 0.15) is 5.75 Å². The number of benzene rings is 2. The van der Waals surface area contributed by atoms with Crippen LogP contribution in [0.5, 0.6) is 5.75 Å². The molecule has 1 atom stereocenters. The molecule has 0 unspecified atom stereocenters. The zero-order valence-electron chi connectivity index (χ0n) is 19.2. The van der Waals surface area contributed by atoms with Crippen LogP contribution in [0.25, 0.3) is 0 Å². The monoisotopic (exact) mass is 410 g/mol. The normalized spacial score (nSPS) is 12.2. The molecule has 0 spiro atoms. The molecule has 1 N–H and O–H groups in total. The fourth-order valence-corrected chi connectivity index (χ4v) is 3.67. The van der Waals surface area contributed by atoms with Crippen LogP contribution in [0, 0.1) is 19.3 Å². The van der Waals surface area contributed by atoms with E-state index in [-0.39, 0.29) is 23.3 Å². The standard InChI is InChI=1S/C25H34N2O3/c1-8-10-22(25(4,5)6)27(24(29)20-14-17(2)13-18(3)15-20)26-23(28)19-11-9-12-21(16-19)30-7/h9,11-16,22H,8,10H2,1-7H3,(H,26,28)/t22-/m1/s1. The van der Waals surface area contributed by atoms with Crippen molar-refractivity contribution in [3.63, 3.8) is 0 Å². The first-order valence-electron chi connectivity index (χ1n) is 10.4. The van der Waals surface area contributed by atoms with Gasteiger partial charge in [-0.3, -0.25) is 15.0 Å². The number of nitrogens with zero attached hydrogens (tertiary/aromatic N) is 1. The van der Waals surface area contributed by atoms with Gasteiger partial charge in [0.05, 0.1) is 13.2 Å². The third-order valence-electron chi connectivity index (χ3n) is 5.11.